The highest BCUT2D eigenvalue weighted by Gasteiger charge is 2.22. The molecule has 1 aromatic heterocycles. The van der Waals surface area contributed by atoms with Gasteiger partial charge in [-0.25, -0.2) is 8.42 Å². The Morgan fingerprint density at radius 3 is 2.14 bits per heavy atom. The van der Waals surface area contributed by atoms with Crippen LogP contribution >= 0.6 is 22.9 Å². The molecule has 0 fully saturated rings. The van der Waals surface area contributed by atoms with E-state index >= 15 is 0 Å². The number of sulfonamides is 1. The summed E-state index contributed by atoms with van der Waals surface area (Å²) in [5.74, 6) is 0. The van der Waals surface area contributed by atoms with Crippen LogP contribution in [0.5, 0.6) is 0 Å². The number of hydrogen-bond acceptors (Lipinski definition) is 4. The molecule has 0 atom stereocenters. The summed E-state index contributed by atoms with van der Waals surface area (Å²) in [6.07, 6.45) is 0. The quantitative estimate of drug-likeness (QED) is 0.835. The Labute approximate surface area is 134 Å². The average Bonchev–Trinajstić information content (AvgIpc) is 2.86. The van der Waals surface area contributed by atoms with Gasteiger partial charge in [-0.2, -0.15) is 4.31 Å². The van der Waals surface area contributed by atoms with Crippen molar-refractivity contribution >= 4 is 38.6 Å². The lowest BCUT2D eigenvalue weighted by Crippen LogP contribution is -2.25. The van der Waals surface area contributed by atoms with Gasteiger partial charge in [-0.05, 0) is 29.8 Å². The third kappa shape index (κ3) is 3.77. The number of hydrogen-bond donors (Lipinski definition) is 0. The van der Waals surface area contributed by atoms with Crippen LogP contribution in [0.3, 0.4) is 0 Å². The van der Waals surface area contributed by atoms with Crippen LogP contribution in [0.2, 0.25) is 4.34 Å². The minimum Gasteiger partial charge on any atom is -0.378 e. The first-order valence-corrected chi connectivity index (χ1v) is 8.92. The molecule has 4 nitrogen and oxygen atoms in total. The van der Waals surface area contributed by atoms with Gasteiger partial charge in [-0.1, -0.05) is 23.7 Å². The highest BCUT2D eigenvalue weighted by molar-refractivity contribution is 7.91. The third-order valence-corrected chi connectivity index (χ3v) is 6.57. The minimum atomic E-state index is -3.49. The van der Waals surface area contributed by atoms with E-state index in [4.69, 9.17) is 11.6 Å². The van der Waals surface area contributed by atoms with Crippen LogP contribution in [0.15, 0.2) is 40.6 Å². The normalized spacial score (nSPS) is 11.9. The van der Waals surface area contributed by atoms with Crippen molar-refractivity contribution in [3.05, 3.63) is 46.3 Å². The molecule has 0 aliphatic heterocycles. The maximum absolute atomic E-state index is 12.4. The molecule has 1 heterocycles. The van der Waals surface area contributed by atoms with Crippen molar-refractivity contribution in [2.75, 3.05) is 26.0 Å². The molecule has 1 aromatic carbocycles. The molecule has 2 aromatic rings. The fourth-order valence-electron chi connectivity index (χ4n) is 1.83. The second-order valence-corrected chi connectivity index (χ2v) is 8.87. The van der Waals surface area contributed by atoms with Crippen molar-refractivity contribution in [2.24, 2.45) is 0 Å². The third-order valence-electron chi connectivity index (χ3n) is 3.07. The van der Waals surface area contributed by atoms with Crippen LogP contribution in [0.25, 0.3) is 0 Å². The van der Waals surface area contributed by atoms with Crippen LogP contribution in [0.1, 0.15) is 5.56 Å². The summed E-state index contributed by atoms with van der Waals surface area (Å²) in [5, 5.41) is 0. The molecule has 0 aliphatic rings. The summed E-state index contributed by atoms with van der Waals surface area (Å²) in [6.45, 7) is 0.325. The number of rotatable bonds is 5. The summed E-state index contributed by atoms with van der Waals surface area (Å²) in [4.78, 5) is 2.00. The van der Waals surface area contributed by atoms with Crippen LogP contribution in [0, 0.1) is 0 Å². The first-order valence-electron chi connectivity index (χ1n) is 6.28. The van der Waals surface area contributed by atoms with Gasteiger partial charge in [0.05, 0.1) is 4.34 Å². The van der Waals surface area contributed by atoms with Crippen LogP contribution < -0.4 is 4.90 Å². The predicted octanol–water partition coefficient (Wildman–Crippen LogP) is 3.29. The topological polar surface area (TPSA) is 40.6 Å². The van der Waals surface area contributed by atoms with Crippen molar-refractivity contribution in [1.29, 1.82) is 0 Å². The maximum Gasteiger partial charge on any atom is 0.252 e. The molecule has 0 spiro atoms. The van der Waals surface area contributed by atoms with Gasteiger partial charge in [-0.15, -0.1) is 11.3 Å². The Morgan fingerprint density at radius 2 is 1.67 bits per heavy atom. The second kappa shape index (κ2) is 6.36. The van der Waals surface area contributed by atoms with Gasteiger partial charge in [0.15, 0.2) is 0 Å². The predicted molar refractivity (Wildman–Crippen MR) is 88.8 cm³/mol. The summed E-state index contributed by atoms with van der Waals surface area (Å²) in [5.41, 5.74) is 2.02. The highest BCUT2D eigenvalue weighted by atomic mass is 35.5. The van der Waals surface area contributed by atoms with Crippen LogP contribution in [-0.2, 0) is 16.6 Å². The molecule has 0 unspecified atom stereocenters. The molecular weight excluding hydrogens is 328 g/mol. The van der Waals surface area contributed by atoms with Crippen molar-refractivity contribution < 1.29 is 8.42 Å². The molecule has 0 bridgehead atoms. The lowest BCUT2D eigenvalue weighted by Gasteiger charge is -2.17. The van der Waals surface area contributed by atoms with Crippen molar-refractivity contribution in [3.8, 4) is 0 Å². The lowest BCUT2D eigenvalue weighted by molar-refractivity contribution is 0.468. The molecule has 114 valence electrons. The van der Waals surface area contributed by atoms with Gasteiger partial charge < -0.3 is 4.90 Å². The Kier molecular flexibility index (Phi) is 4.93. The summed E-state index contributed by atoms with van der Waals surface area (Å²) >= 11 is 6.88. The SMILES string of the molecule is CN(C)c1ccc(CN(C)S(=O)(=O)c2ccc(Cl)s2)cc1. The van der Waals surface area contributed by atoms with E-state index in [1.54, 1.807) is 13.1 Å². The Balaban J connectivity index is 2.15. The summed E-state index contributed by atoms with van der Waals surface area (Å²) in [6, 6.07) is 10.9. The fourth-order valence-corrected chi connectivity index (χ4v) is 4.68. The number of thiophene rings is 1. The number of nitrogens with zero attached hydrogens (tertiary/aromatic N) is 2. The minimum absolute atomic E-state index is 0.264. The summed E-state index contributed by atoms with van der Waals surface area (Å²) < 4.78 is 26.9. The van der Waals surface area contributed by atoms with Gasteiger partial charge in [0.25, 0.3) is 10.0 Å². The van der Waals surface area contributed by atoms with Crippen LogP contribution in [0.4, 0.5) is 5.69 Å². The van der Waals surface area contributed by atoms with E-state index in [2.05, 4.69) is 0 Å². The van der Waals surface area contributed by atoms with Crippen molar-refractivity contribution in [3.63, 3.8) is 0 Å². The van der Waals surface area contributed by atoms with Crippen molar-refractivity contribution in [2.45, 2.75) is 10.8 Å². The molecular formula is C14H17ClN2O2S2. The number of benzene rings is 1. The van der Waals surface area contributed by atoms with E-state index < -0.39 is 10.0 Å². The maximum atomic E-state index is 12.4. The fraction of sp³-hybridized carbons (Fsp3) is 0.286. The van der Waals surface area contributed by atoms with E-state index in [9.17, 15) is 8.42 Å². The van der Waals surface area contributed by atoms with E-state index in [-0.39, 0.29) is 4.21 Å². The molecule has 2 rings (SSSR count). The molecule has 0 radical (unpaired) electrons. The standard InChI is InChI=1S/C14H17ClN2O2S2/c1-16(2)12-6-4-11(5-7-12)10-17(3)21(18,19)14-9-8-13(15)20-14/h4-9H,10H2,1-3H3. The second-order valence-electron chi connectivity index (χ2n) is 4.88. The van der Waals surface area contributed by atoms with E-state index in [1.807, 2.05) is 43.3 Å². The van der Waals surface area contributed by atoms with E-state index in [1.165, 1.54) is 10.4 Å². The molecule has 0 saturated carbocycles. The van der Waals surface area contributed by atoms with Gasteiger partial charge in [0.1, 0.15) is 4.21 Å². The number of halogens is 1. The molecule has 7 heteroatoms. The lowest BCUT2D eigenvalue weighted by atomic mass is 10.2. The smallest absolute Gasteiger partial charge is 0.252 e. The largest absolute Gasteiger partial charge is 0.378 e. The van der Waals surface area contributed by atoms with Crippen LogP contribution in [-0.4, -0.2) is 33.9 Å². The summed E-state index contributed by atoms with van der Waals surface area (Å²) in [7, 11) is 2.02. The number of anilines is 1. The average molecular weight is 345 g/mol. The van der Waals surface area contributed by atoms with Gasteiger partial charge >= 0.3 is 0 Å². The molecule has 0 N–H and O–H groups in total. The molecule has 21 heavy (non-hydrogen) atoms. The van der Waals surface area contributed by atoms with E-state index in [0.29, 0.717) is 10.9 Å². The Bertz CT molecular complexity index is 709. The zero-order valence-electron chi connectivity index (χ0n) is 12.1. The first kappa shape index (κ1) is 16.3. The monoisotopic (exact) mass is 344 g/mol. The van der Waals surface area contributed by atoms with E-state index in [0.717, 1.165) is 22.6 Å². The zero-order valence-corrected chi connectivity index (χ0v) is 14.5. The highest BCUT2D eigenvalue weighted by Crippen LogP contribution is 2.28. The first-order chi connectivity index (χ1) is 9.80. The van der Waals surface area contributed by atoms with Crippen molar-refractivity contribution in [1.82, 2.24) is 4.31 Å². The Hall–Kier alpha value is -1.08. The van der Waals surface area contributed by atoms with Gasteiger partial charge in [-0.3, -0.25) is 0 Å². The van der Waals surface area contributed by atoms with Gasteiger partial charge in [0, 0.05) is 33.4 Å². The zero-order chi connectivity index (χ0) is 15.6. The Morgan fingerprint density at radius 1 is 1.05 bits per heavy atom. The molecule has 0 aliphatic carbocycles. The molecule has 0 saturated heterocycles. The van der Waals surface area contributed by atoms with Gasteiger partial charge in [0.2, 0.25) is 0 Å². The molecule has 0 amide bonds.